The van der Waals surface area contributed by atoms with E-state index >= 15 is 0 Å². The second-order valence-corrected chi connectivity index (χ2v) is 11.0. The molecule has 0 aromatic heterocycles. The molecule has 2 aliphatic rings. The zero-order valence-electron chi connectivity index (χ0n) is 20.3. The maximum absolute atomic E-state index is 13.6. The van der Waals surface area contributed by atoms with E-state index in [0.29, 0.717) is 30.4 Å². The van der Waals surface area contributed by atoms with Crippen molar-refractivity contribution in [2.24, 2.45) is 0 Å². The maximum atomic E-state index is 13.6. The highest BCUT2D eigenvalue weighted by atomic mass is 32.2. The lowest BCUT2D eigenvalue weighted by Gasteiger charge is -2.27. The first-order valence-corrected chi connectivity index (χ1v) is 13.7. The monoisotopic (exact) mass is 506 g/mol. The Bertz CT molecular complexity index is 1360. The van der Waals surface area contributed by atoms with E-state index in [-0.39, 0.29) is 17.5 Å². The SMILES string of the molecule is C[C@H](NC(=O)CN(c1ccc2c(c1)OCCO2)S(=O)(=O)c1ccccc1)c1ccc2c(c1)CCCC2. The lowest BCUT2D eigenvalue weighted by Crippen LogP contribution is -2.41. The summed E-state index contributed by atoms with van der Waals surface area (Å²) in [6.45, 7) is 2.36. The Morgan fingerprint density at radius 1 is 0.917 bits per heavy atom. The number of carbonyl (C=O) groups excluding carboxylic acids is 1. The molecule has 0 fully saturated rings. The highest BCUT2D eigenvalue weighted by Gasteiger charge is 2.29. The number of anilines is 1. The van der Waals surface area contributed by atoms with Gasteiger partial charge in [0.1, 0.15) is 19.8 Å². The summed E-state index contributed by atoms with van der Waals surface area (Å²) in [7, 11) is -4.01. The number of hydrogen-bond donors (Lipinski definition) is 1. The molecule has 1 N–H and O–H groups in total. The maximum Gasteiger partial charge on any atom is 0.264 e. The fourth-order valence-corrected chi connectivity index (χ4v) is 6.18. The molecule has 188 valence electrons. The summed E-state index contributed by atoms with van der Waals surface area (Å²) >= 11 is 0. The van der Waals surface area contributed by atoms with Crippen LogP contribution in [0.1, 0.15) is 42.5 Å². The van der Waals surface area contributed by atoms with E-state index in [2.05, 4.69) is 17.4 Å². The van der Waals surface area contributed by atoms with E-state index in [1.165, 1.54) is 36.1 Å². The third kappa shape index (κ3) is 5.04. The summed E-state index contributed by atoms with van der Waals surface area (Å²) in [5, 5.41) is 2.99. The van der Waals surface area contributed by atoms with E-state index in [9.17, 15) is 13.2 Å². The molecule has 3 aromatic rings. The van der Waals surface area contributed by atoms with Gasteiger partial charge in [0.25, 0.3) is 10.0 Å². The molecule has 1 aliphatic carbocycles. The number of nitrogens with zero attached hydrogens (tertiary/aromatic N) is 1. The van der Waals surface area contributed by atoms with Crippen LogP contribution in [0.4, 0.5) is 5.69 Å². The number of amides is 1. The van der Waals surface area contributed by atoms with Crippen LogP contribution in [-0.4, -0.2) is 34.1 Å². The summed E-state index contributed by atoms with van der Waals surface area (Å²) in [5.41, 5.74) is 4.06. The number of nitrogens with one attached hydrogen (secondary N) is 1. The van der Waals surface area contributed by atoms with E-state index in [1.54, 1.807) is 36.4 Å². The Kier molecular flexibility index (Phi) is 6.87. The number of rotatable bonds is 7. The molecule has 0 radical (unpaired) electrons. The van der Waals surface area contributed by atoms with Crippen molar-refractivity contribution in [2.45, 2.75) is 43.5 Å². The Morgan fingerprint density at radius 3 is 2.42 bits per heavy atom. The van der Waals surface area contributed by atoms with E-state index in [1.807, 2.05) is 13.0 Å². The molecule has 0 saturated heterocycles. The Balaban J connectivity index is 1.40. The van der Waals surface area contributed by atoms with Gasteiger partial charge in [-0.25, -0.2) is 8.42 Å². The lowest BCUT2D eigenvalue weighted by molar-refractivity contribution is -0.120. The predicted molar refractivity (Wildman–Crippen MR) is 138 cm³/mol. The fourth-order valence-electron chi connectivity index (χ4n) is 4.75. The van der Waals surface area contributed by atoms with Crippen molar-refractivity contribution < 1.29 is 22.7 Å². The van der Waals surface area contributed by atoms with Crippen LogP contribution in [0.3, 0.4) is 0 Å². The van der Waals surface area contributed by atoms with Gasteiger partial charge in [-0.1, -0.05) is 36.4 Å². The number of sulfonamides is 1. The van der Waals surface area contributed by atoms with Gasteiger partial charge in [-0.2, -0.15) is 0 Å². The lowest BCUT2D eigenvalue weighted by atomic mass is 9.89. The van der Waals surface area contributed by atoms with Crippen LogP contribution < -0.4 is 19.1 Å². The molecule has 1 aliphatic heterocycles. The van der Waals surface area contributed by atoms with Crippen molar-refractivity contribution >= 4 is 21.6 Å². The normalized spacial score (nSPS) is 15.5. The van der Waals surface area contributed by atoms with Crippen molar-refractivity contribution in [3.05, 3.63) is 83.4 Å². The first-order chi connectivity index (χ1) is 17.4. The standard InChI is InChI=1S/C28H30N2O5S/c1-20(22-12-11-21-7-5-6-8-23(21)17-22)29-28(31)19-30(36(32,33)25-9-3-2-4-10-25)24-13-14-26-27(18-24)35-16-15-34-26/h2-4,9-14,17-18,20H,5-8,15-16,19H2,1H3,(H,29,31)/t20-/m0/s1. The molecular formula is C28H30N2O5S. The van der Waals surface area contributed by atoms with Gasteiger partial charge in [0.2, 0.25) is 5.91 Å². The first kappa shape index (κ1) is 24.2. The van der Waals surface area contributed by atoms with Gasteiger partial charge in [0.05, 0.1) is 16.6 Å². The van der Waals surface area contributed by atoms with E-state index < -0.39 is 15.9 Å². The smallest absolute Gasteiger partial charge is 0.264 e. The van der Waals surface area contributed by atoms with Crippen molar-refractivity contribution in [2.75, 3.05) is 24.1 Å². The minimum Gasteiger partial charge on any atom is -0.486 e. The number of ether oxygens (including phenoxy) is 2. The zero-order chi connectivity index (χ0) is 25.1. The minimum atomic E-state index is -4.01. The predicted octanol–water partition coefficient (Wildman–Crippen LogP) is 4.41. The van der Waals surface area contributed by atoms with Crippen LogP contribution in [0.15, 0.2) is 71.6 Å². The molecule has 1 atom stereocenters. The Morgan fingerprint density at radius 2 is 1.64 bits per heavy atom. The van der Waals surface area contributed by atoms with Crippen molar-refractivity contribution in [1.29, 1.82) is 0 Å². The van der Waals surface area contributed by atoms with E-state index in [4.69, 9.17) is 9.47 Å². The number of hydrogen-bond acceptors (Lipinski definition) is 5. The topological polar surface area (TPSA) is 84.9 Å². The van der Waals surface area contributed by atoms with Crippen LogP contribution >= 0.6 is 0 Å². The van der Waals surface area contributed by atoms with Gasteiger partial charge in [-0.3, -0.25) is 9.10 Å². The molecule has 7 nitrogen and oxygen atoms in total. The third-order valence-electron chi connectivity index (χ3n) is 6.68. The minimum absolute atomic E-state index is 0.107. The van der Waals surface area contributed by atoms with Crippen LogP contribution in [0.2, 0.25) is 0 Å². The average molecular weight is 507 g/mol. The van der Waals surface area contributed by atoms with Crippen LogP contribution in [0.5, 0.6) is 11.5 Å². The first-order valence-electron chi connectivity index (χ1n) is 12.3. The summed E-state index contributed by atoms with van der Waals surface area (Å²) in [6, 6.07) is 19.1. The molecule has 0 unspecified atom stereocenters. The molecule has 36 heavy (non-hydrogen) atoms. The molecule has 0 saturated carbocycles. The number of aryl methyl sites for hydroxylation is 2. The highest BCUT2D eigenvalue weighted by Crippen LogP contribution is 2.35. The highest BCUT2D eigenvalue weighted by molar-refractivity contribution is 7.92. The molecule has 0 spiro atoms. The van der Waals surface area contributed by atoms with Gasteiger partial charge >= 0.3 is 0 Å². The Labute approximate surface area is 212 Å². The fraction of sp³-hybridized carbons (Fsp3) is 0.321. The number of fused-ring (bicyclic) bond motifs is 2. The molecular weight excluding hydrogens is 476 g/mol. The van der Waals surface area contributed by atoms with E-state index in [0.717, 1.165) is 22.7 Å². The second kappa shape index (κ2) is 10.2. The van der Waals surface area contributed by atoms with Crippen molar-refractivity contribution in [3.63, 3.8) is 0 Å². The van der Waals surface area contributed by atoms with Crippen molar-refractivity contribution in [1.82, 2.24) is 5.32 Å². The largest absolute Gasteiger partial charge is 0.486 e. The molecule has 0 bridgehead atoms. The van der Waals surface area contributed by atoms with Gasteiger partial charge in [-0.15, -0.1) is 0 Å². The summed E-state index contributed by atoms with van der Waals surface area (Å²) in [4.78, 5) is 13.3. The molecule has 1 amide bonds. The van der Waals surface area contributed by atoms with Gasteiger partial charge in [0.15, 0.2) is 11.5 Å². The quantitative estimate of drug-likeness (QED) is 0.513. The van der Waals surface area contributed by atoms with Crippen molar-refractivity contribution in [3.8, 4) is 11.5 Å². The van der Waals surface area contributed by atoms with Gasteiger partial charge in [0, 0.05) is 6.07 Å². The summed E-state index contributed by atoms with van der Waals surface area (Å²) in [5.74, 6) is 0.608. The Hall–Kier alpha value is -3.52. The van der Waals surface area contributed by atoms with Crippen LogP contribution in [0, 0.1) is 0 Å². The summed E-state index contributed by atoms with van der Waals surface area (Å²) in [6.07, 6.45) is 4.54. The molecule has 8 heteroatoms. The third-order valence-corrected chi connectivity index (χ3v) is 8.47. The average Bonchev–Trinajstić information content (AvgIpc) is 2.91. The van der Waals surface area contributed by atoms with Crippen LogP contribution in [-0.2, 0) is 27.7 Å². The van der Waals surface area contributed by atoms with Crippen LogP contribution in [0.25, 0.3) is 0 Å². The number of benzene rings is 3. The second-order valence-electron chi connectivity index (χ2n) is 9.18. The number of carbonyl (C=O) groups is 1. The molecule has 5 rings (SSSR count). The van der Waals surface area contributed by atoms with Gasteiger partial charge < -0.3 is 14.8 Å². The van der Waals surface area contributed by atoms with Gasteiger partial charge in [-0.05, 0) is 73.6 Å². The summed E-state index contributed by atoms with van der Waals surface area (Å²) < 4.78 is 39.6. The zero-order valence-corrected chi connectivity index (χ0v) is 21.1. The molecule has 3 aromatic carbocycles. The molecule has 1 heterocycles.